The van der Waals surface area contributed by atoms with Crippen LogP contribution in [0.15, 0.2) is 60.7 Å². The fourth-order valence-electron chi connectivity index (χ4n) is 3.50. The number of terminal acetylenes is 1. The molecular formula is C26H25FNO5P. The molecule has 0 bridgehead atoms. The van der Waals surface area contributed by atoms with Crippen LogP contribution in [0.25, 0.3) is 22.5 Å². The topological polar surface area (TPSA) is 96.7 Å². The van der Waals surface area contributed by atoms with Crippen LogP contribution >= 0.6 is 8.03 Å². The molecule has 0 aliphatic rings. The molecule has 34 heavy (non-hydrogen) atoms. The standard InChI is InChI=1S/C26H25FNO5P/c1-5-26(17(4)29,34(31)32)25(30)33-24-21(16(2)3)15-22(18-9-7-6-8-10-18)28-23(24)19-11-13-20(27)14-12-19/h1,6-17,29,34H,2-4H3,(H,31,32). The number of hydrogen-bond acceptors (Lipinski definition) is 5. The summed E-state index contributed by atoms with van der Waals surface area (Å²) >= 11 is 0. The van der Waals surface area contributed by atoms with Gasteiger partial charge in [-0.05, 0) is 43.2 Å². The van der Waals surface area contributed by atoms with E-state index in [1.807, 2.05) is 50.1 Å². The summed E-state index contributed by atoms with van der Waals surface area (Å²) in [6.07, 6.45) is 3.78. The summed E-state index contributed by atoms with van der Waals surface area (Å²) in [6, 6.07) is 16.6. The number of carbonyl (C=O) groups is 1. The van der Waals surface area contributed by atoms with Gasteiger partial charge in [0, 0.05) is 16.7 Å². The average Bonchev–Trinajstić information content (AvgIpc) is 2.80. The van der Waals surface area contributed by atoms with Gasteiger partial charge in [0.25, 0.3) is 0 Å². The van der Waals surface area contributed by atoms with Crippen LogP contribution in [0, 0.1) is 18.2 Å². The zero-order valence-corrected chi connectivity index (χ0v) is 19.9. The van der Waals surface area contributed by atoms with E-state index < -0.39 is 31.1 Å². The van der Waals surface area contributed by atoms with Crippen LogP contribution in [0.5, 0.6) is 5.75 Å². The minimum atomic E-state index is -3.75. The molecule has 0 saturated heterocycles. The molecule has 0 fully saturated rings. The van der Waals surface area contributed by atoms with Crippen molar-refractivity contribution in [2.24, 2.45) is 0 Å². The maximum atomic E-state index is 13.6. The van der Waals surface area contributed by atoms with Crippen LogP contribution in [0.3, 0.4) is 0 Å². The largest absolute Gasteiger partial charge is 0.422 e. The van der Waals surface area contributed by atoms with E-state index in [2.05, 4.69) is 0 Å². The number of nitrogens with zero attached hydrogens (tertiary/aromatic N) is 1. The van der Waals surface area contributed by atoms with Crippen molar-refractivity contribution < 1.29 is 28.5 Å². The van der Waals surface area contributed by atoms with Gasteiger partial charge < -0.3 is 14.7 Å². The van der Waals surface area contributed by atoms with E-state index in [0.717, 1.165) is 12.5 Å². The Morgan fingerprint density at radius 1 is 1.12 bits per heavy atom. The molecule has 3 atom stereocenters. The Kier molecular flexibility index (Phi) is 7.68. The van der Waals surface area contributed by atoms with E-state index in [9.17, 15) is 23.7 Å². The molecule has 176 valence electrons. The fraction of sp³-hybridized carbons (Fsp3) is 0.231. The smallest absolute Gasteiger partial charge is 0.342 e. The third kappa shape index (κ3) is 4.80. The van der Waals surface area contributed by atoms with Crippen molar-refractivity contribution in [2.75, 3.05) is 0 Å². The third-order valence-corrected chi connectivity index (χ3v) is 6.96. The Labute approximate surface area is 198 Å². The summed E-state index contributed by atoms with van der Waals surface area (Å²) in [6.45, 7) is 4.92. The average molecular weight is 481 g/mol. The van der Waals surface area contributed by atoms with Gasteiger partial charge in [-0.15, -0.1) is 6.42 Å². The number of hydrogen-bond donors (Lipinski definition) is 2. The van der Waals surface area contributed by atoms with Gasteiger partial charge in [0.2, 0.25) is 13.2 Å². The van der Waals surface area contributed by atoms with Crippen molar-refractivity contribution in [3.63, 3.8) is 0 Å². The molecular weight excluding hydrogens is 456 g/mol. The first-order valence-electron chi connectivity index (χ1n) is 10.6. The van der Waals surface area contributed by atoms with Gasteiger partial charge in [-0.25, -0.2) is 14.2 Å². The number of ether oxygens (including phenoxy) is 1. The molecule has 0 aliphatic heterocycles. The van der Waals surface area contributed by atoms with Crippen molar-refractivity contribution in [1.82, 2.24) is 4.98 Å². The predicted molar refractivity (Wildman–Crippen MR) is 129 cm³/mol. The fourth-order valence-corrected chi connectivity index (χ4v) is 4.21. The maximum absolute atomic E-state index is 13.6. The highest BCUT2D eigenvalue weighted by Gasteiger charge is 2.49. The number of pyridine rings is 1. The summed E-state index contributed by atoms with van der Waals surface area (Å²) in [7, 11) is -3.75. The SMILES string of the molecule is C#CC(C(=O)Oc1c(C(C)C)cc(-c2ccccc2)nc1-c1ccc(F)cc1)(C(C)O)[PH](=O)O. The molecule has 0 saturated carbocycles. The number of benzene rings is 2. The molecule has 0 spiro atoms. The number of aromatic nitrogens is 1. The van der Waals surface area contributed by atoms with E-state index in [1.54, 1.807) is 6.07 Å². The molecule has 3 unspecified atom stereocenters. The normalized spacial score (nSPS) is 14.6. The molecule has 1 heterocycles. The van der Waals surface area contributed by atoms with Crippen LogP contribution in [-0.2, 0) is 9.36 Å². The zero-order valence-electron chi connectivity index (χ0n) is 18.9. The first kappa shape index (κ1) is 25.3. The molecule has 1 aromatic heterocycles. The minimum Gasteiger partial charge on any atom is -0.422 e. The number of aliphatic hydroxyl groups is 1. The Morgan fingerprint density at radius 2 is 1.74 bits per heavy atom. The molecule has 0 aliphatic carbocycles. The second-order valence-corrected chi connectivity index (χ2v) is 9.52. The first-order valence-corrected chi connectivity index (χ1v) is 11.9. The Balaban J connectivity index is 2.28. The molecule has 6 nitrogen and oxygen atoms in total. The molecule has 0 radical (unpaired) electrons. The Hall–Kier alpha value is -3.30. The lowest BCUT2D eigenvalue weighted by Gasteiger charge is -2.27. The van der Waals surface area contributed by atoms with Gasteiger partial charge in [-0.1, -0.05) is 50.1 Å². The van der Waals surface area contributed by atoms with Crippen LogP contribution in [0.1, 0.15) is 32.3 Å². The van der Waals surface area contributed by atoms with Crippen LogP contribution < -0.4 is 4.74 Å². The molecule has 2 N–H and O–H groups in total. The van der Waals surface area contributed by atoms with E-state index in [-0.39, 0.29) is 17.4 Å². The van der Waals surface area contributed by atoms with Crippen LogP contribution in [0.2, 0.25) is 0 Å². The molecule has 2 aromatic carbocycles. The van der Waals surface area contributed by atoms with Gasteiger partial charge in [-0.3, -0.25) is 4.57 Å². The summed E-state index contributed by atoms with van der Waals surface area (Å²) in [5.74, 6) is 0.143. The first-order chi connectivity index (χ1) is 16.1. The Morgan fingerprint density at radius 3 is 2.24 bits per heavy atom. The second-order valence-electron chi connectivity index (χ2n) is 8.13. The van der Waals surface area contributed by atoms with Gasteiger partial charge >= 0.3 is 5.97 Å². The minimum absolute atomic E-state index is 0.0230. The quantitative estimate of drug-likeness (QED) is 0.286. The predicted octanol–water partition coefficient (Wildman–Crippen LogP) is 4.80. The van der Waals surface area contributed by atoms with Crippen LogP contribution in [0.4, 0.5) is 4.39 Å². The van der Waals surface area contributed by atoms with Crippen molar-refractivity contribution >= 4 is 14.0 Å². The molecule has 8 heteroatoms. The second kappa shape index (κ2) is 10.3. The highest BCUT2D eigenvalue weighted by Crippen LogP contribution is 2.43. The van der Waals surface area contributed by atoms with E-state index in [4.69, 9.17) is 16.1 Å². The number of carbonyl (C=O) groups excluding carboxylic acids is 1. The van der Waals surface area contributed by atoms with Crippen molar-refractivity contribution in [2.45, 2.75) is 37.9 Å². The zero-order chi connectivity index (χ0) is 25.0. The summed E-state index contributed by atoms with van der Waals surface area (Å²) in [5, 5.41) is 7.70. The lowest BCUT2D eigenvalue weighted by Crippen LogP contribution is -2.46. The number of aliphatic hydroxyl groups excluding tert-OH is 1. The van der Waals surface area contributed by atoms with Crippen molar-refractivity contribution in [3.8, 4) is 40.6 Å². The van der Waals surface area contributed by atoms with E-state index in [0.29, 0.717) is 16.8 Å². The van der Waals surface area contributed by atoms with Gasteiger partial charge in [-0.2, -0.15) is 0 Å². The van der Waals surface area contributed by atoms with E-state index in [1.165, 1.54) is 24.3 Å². The van der Waals surface area contributed by atoms with Gasteiger partial charge in [0.1, 0.15) is 11.5 Å². The lowest BCUT2D eigenvalue weighted by atomic mass is 9.96. The number of esters is 1. The molecule has 3 aromatic rings. The monoisotopic (exact) mass is 481 g/mol. The summed E-state index contributed by atoms with van der Waals surface area (Å²) < 4.78 is 31.4. The maximum Gasteiger partial charge on any atom is 0.342 e. The van der Waals surface area contributed by atoms with Gasteiger partial charge in [0.15, 0.2) is 5.75 Å². The van der Waals surface area contributed by atoms with Crippen molar-refractivity contribution in [1.29, 1.82) is 0 Å². The van der Waals surface area contributed by atoms with Crippen molar-refractivity contribution in [3.05, 3.63) is 72.0 Å². The number of halogens is 1. The highest BCUT2D eigenvalue weighted by atomic mass is 31.1. The molecule has 0 amide bonds. The van der Waals surface area contributed by atoms with E-state index >= 15 is 0 Å². The van der Waals surface area contributed by atoms with Gasteiger partial charge in [0.05, 0.1) is 11.8 Å². The summed E-state index contributed by atoms with van der Waals surface area (Å²) in [4.78, 5) is 27.7. The third-order valence-electron chi connectivity index (χ3n) is 5.52. The molecule has 3 rings (SSSR count). The highest BCUT2D eigenvalue weighted by molar-refractivity contribution is 7.42. The summed E-state index contributed by atoms with van der Waals surface area (Å²) in [5.41, 5.74) is 2.68. The number of rotatable bonds is 7. The Bertz CT molecular complexity index is 1250. The van der Waals surface area contributed by atoms with Crippen LogP contribution in [-0.4, -0.2) is 32.2 Å². The lowest BCUT2D eigenvalue weighted by molar-refractivity contribution is -0.138.